The zero-order valence-corrected chi connectivity index (χ0v) is 19.0. The van der Waals surface area contributed by atoms with Crippen LogP contribution in [0.5, 0.6) is 0 Å². The van der Waals surface area contributed by atoms with Gasteiger partial charge in [0.2, 0.25) is 0 Å². The Morgan fingerprint density at radius 1 is 1.08 bits per heavy atom. The van der Waals surface area contributed by atoms with Crippen molar-refractivity contribution < 1.29 is 22.0 Å². The Morgan fingerprint density at radius 3 is 2.30 bits per heavy atom. The third kappa shape index (κ3) is 4.30. The number of nitrogens with zero attached hydrogens (tertiary/aromatic N) is 7. The van der Waals surface area contributed by atoms with Crippen molar-refractivity contribution in [2.45, 2.75) is 50.2 Å². The van der Waals surface area contributed by atoms with E-state index in [0.29, 0.717) is 30.1 Å². The van der Waals surface area contributed by atoms with Crippen LogP contribution in [0.1, 0.15) is 78.2 Å². The van der Waals surface area contributed by atoms with Crippen LogP contribution in [0.25, 0.3) is 11.0 Å². The van der Waals surface area contributed by atoms with Crippen LogP contribution in [0.2, 0.25) is 0 Å². The number of alkyl halides is 5. The van der Waals surface area contributed by atoms with Gasteiger partial charge in [-0.05, 0) is 31.4 Å². The Bertz CT molecular complexity index is 1550. The maximum Gasteiger partial charge on any atom is 0.433 e. The Balaban J connectivity index is 1.53. The molecule has 2 unspecified atom stereocenters. The van der Waals surface area contributed by atoms with E-state index in [1.165, 1.54) is 10.7 Å². The van der Waals surface area contributed by atoms with Crippen LogP contribution in [-0.4, -0.2) is 34.7 Å². The molecule has 0 bridgehead atoms. The summed E-state index contributed by atoms with van der Waals surface area (Å²) in [5.74, 6) is 0.0552. The Hall–Kier alpha value is -4.28. The zero-order valence-electron chi connectivity index (χ0n) is 19.0. The van der Waals surface area contributed by atoms with Gasteiger partial charge in [0.05, 0.1) is 11.6 Å². The van der Waals surface area contributed by atoms with Crippen molar-refractivity contribution in [1.82, 2.24) is 34.7 Å². The second-order valence-corrected chi connectivity index (χ2v) is 8.67. The Kier molecular flexibility index (Phi) is 5.93. The molecule has 0 radical (unpaired) electrons. The van der Waals surface area contributed by atoms with E-state index in [9.17, 15) is 32.0 Å². The highest BCUT2D eigenvalue weighted by Crippen LogP contribution is 2.46. The Labute approximate surface area is 205 Å². The van der Waals surface area contributed by atoms with Crippen molar-refractivity contribution in [3.63, 3.8) is 0 Å². The summed E-state index contributed by atoms with van der Waals surface area (Å²) in [6.45, 7) is 1.63. The number of H-pyrrole nitrogens is 1. The van der Waals surface area contributed by atoms with Gasteiger partial charge in [0.15, 0.2) is 11.3 Å². The minimum atomic E-state index is -4.60. The van der Waals surface area contributed by atoms with Crippen LogP contribution >= 0.6 is 0 Å². The monoisotopic (exact) mass is 516 g/mol. The third-order valence-corrected chi connectivity index (χ3v) is 6.51. The zero-order chi connectivity index (χ0) is 26.5. The second kappa shape index (κ2) is 8.99. The second-order valence-electron chi connectivity index (χ2n) is 8.67. The smallest absolute Gasteiger partial charge is 0.310 e. The lowest BCUT2D eigenvalue weighted by Crippen LogP contribution is -2.28. The molecule has 5 rings (SSSR count). The molecule has 0 amide bonds. The first-order chi connectivity index (χ1) is 17.6. The lowest BCUT2D eigenvalue weighted by atomic mass is 9.72. The average Bonchev–Trinajstić information content (AvgIpc) is 3.22. The van der Waals surface area contributed by atoms with Crippen LogP contribution in [0.15, 0.2) is 35.5 Å². The molecule has 1 saturated carbocycles. The molecule has 0 saturated heterocycles. The molecule has 0 spiro atoms. The highest BCUT2D eigenvalue weighted by atomic mass is 19.4. The first-order valence-electron chi connectivity index (χ1n) is 11.1. The van der Waals surface area contributed by atoms with Crippen molar-refractivity contribution >= 4 is 11.0 Å². The van der Waals surface area contributed by atoms with Crippen molar-refractivity contribution in [3.8, 4) is 6.07 Å². The fourth-order valence-corrected chi connectivity index (χ4v) is 4.34. The molecule has 37 heavy (non-hydrogen) atoms. The molecule has 1 aliphatic carbocycles. The van der Waals surface area contributed by atoms with Crippen LogP contribution in [0.4, 0.5) is 22.0 Å². The number of pyridine rings is 1. The van der Waals surface area contributed by atoms with Crippen molar-refractivity contribution in [2.75, 3.05) is 0 Å². The maximum atomic E-state index is 13.0. The van der Waals surface area contributed by atoms with Gasteiger partial charge in [0.25, 0.3) is 12.0 Å². The largest absolute Gasteiger partial charge is 0.433 e. The van der Waals surface area contributed by atoms with E-state index >= 15 is 0 Å². The highest BCUT2D eigenvalue weighted by Gasteiger charge is 2.38. The lowest BCUT2D eigenvalue weighted by molar-refractivity contribution is -0.141. The molecule has 1 aliphatic rings. The molecular formula is C23H17F5N8O. The molecule has 14 heteroatoms. The molecule has 0 aliphatic heterocycles. The summed E-state index contributed by atoms with van der Waals surface area (Å²) in [5.41, 5.74) is -1.68. The van der Waals surface area contributed by atoms with Crippen LogP contribution < -0.4 is 5.56 Å². The summed E-state index contributed by atoms with van der Waals surface area (Å²) in [5, 5.41) is 13.7. The minimum Gasteiger partial charge on any atom is -0.310 e. The normalized spacial score (nSPS) is 18.5. The molecule has 1 N–H and O–H groups in total. The van der Waals surface area contributed by atoms with Crippen molar-refractivity contribution in [2.24, 2.45) is 0 Å². The van der Waals surface area contributed by atoms with E-state index in [2.05, 4.69) is 30.0 Å². The van der Waals surface area contributed by atoms with Gasteiger partial charge in [-0.2, -0.15) is 23.5 Å². The number of halogens is 5. The summed E-state index contributed by atoms with van der Waals surface area (Å²) >= 11 is 0. The van der Waals surface area contributed by atoms with Gasteiger partial charge in [-0.3, -0.25) is 9.78 Å². The molecule has 4 heterocycles. The van der Waals surface area contributed by atoms with E-state index in [1.54, 1.807) is 6.92 Å². The molecule has 3 atom stereocenters. The van der Waals surface area contributed by atoms with E-state index in [1.807, 2.05) is 6.07 Å². The van der Waals surface area contributed by atoms with Gasteiger partial charge in [0.1, 0.15) is 28.8 Å². The summed E-state index contributed by atoms with van der Waals surface area (Å²) in [4.78, 5) is 31.8. The predicted molar refractivity (Wildman–Crippen MR) is 118 cm³/mol. The Morgan fingerprint density at radius 2 is 1.76 bits per heavy atom. The van der Waals surface area contributed by atoms with E-state index in [4.69, 9.17) is 0 Å². The fourth-order valence-electron chi connectivity index (χ4n) is 4.34. The van der Waals surface area contributed by atoms with Crippen molar-refractivity contribution in [3.05, 3.63) is 75.2 Å². The molecule has 190 valence electrons. The van der Waals surface area contributed by atoms with Gasteiger partial charge in [-0.1, -0.05) is 6.07 Å². The van der Waals surface area contributed by atoms with Crippen LogP contribution in [-0.2, 0) is 6.18 Å². The third-order valence-electron chi connectivity index (χ3n) is 6.51. The fraction of sp³-hybridized carbons (Fsp3) is 0.348. The standard InChI is InChI=1S/C23H17F5N8O/c1-10(11-2-5-16(30-7-11)23(26,27)28)36-21-17(15(6-29)35-36)22(37)34-20(33-21)14-4-3-13(14)19-31-8-12(9-32-19)18(24)25/h2,5,7-10,13-14,18H,3-4H2,1H3,(H,33,34,37)/t10-,13?,14?/m0/s1. The summed E-state index contributed by atoms with van der Waals surface area (Å²) in [7, 11) is 0. The molecule has 4 aromatic heterocycles. The first-order valence-corrected chi connectivity index (χ1v) is 11.1. The van der Waals surface area contributed by atoms with Crippen LogP contribution in [0.3, 0.4) is 0 Å². The summed E-state index contributed by atoms with van der Waals surface area (Å²) < 4.78 is 65.7. The van der Waals surface area contributed by atoms with E-state index in [0.717, 1.165) is 24.7 Å². The predicted octanol–water partition coefficient (Wildman–Crippen LogP) is 4.40. The number of nitrogens with one attached hydrogen (secondary N) is 1. The van der Waals surface area contributed by atoms with Gasteiger partial charge in [-0.25, -0.2) is 28.4 Å². The minimum absolute atomic E-state index is 0.0496. The molecule has 9 nitrogen and oxygen atoms in total. The SMILES string of the molecule is C[C@@H](c1ccc(C(F)(F)F)nc1)n1nc(C#N)c2c(=O)[nH]c(C3CCC3c3ncc(C(F)F)cn3)nc21. The molecule has 4 aromatic rings. The molecular weight excluding hydrogens is 499 g/mol. The number of fused-ring (bicyclic) bond motifs is 1. The number of aromatic nitrogens is 7. The van der Waals surface area contributed by atoms with E-state index < -0.39 is 29.9 Å². The number of hydrogen-bond acceptors (Lipinski definition) is 7. The first kappa shape index (κ1) is 24.4. The number of nitriles is 1. The molecule has 0 aromatic carbocycles. The number of rotatable bonds is 5. The number of hydrogen-bond donors (Lipinski definition) is 1. The summed E-state index contributed by atoms with van der Waals surface area (Å²) in [6, 6.07) is 3.24. The molecule has 1 fully saturated rings. The highest BCUT2D eigenvalue weighted by molar-refractivity contribution is 5.80. The van der Waals surface area contributed by atoms with Gasteiger partial charge < -0.3 is 4.98 Å². The van der Waals surface area contributed by atoms with Crippen molar-refractivity contribution in [1.29, 1.82) is 5.26 Å². The maximum absolute atomic E-state index is 13.0. The quantitative estimate of drug-likeness (QED) is 0.390. The van der Waals surface area contributed by atoms with Gasteiger partial charge in [0, 0.05) is 30.4 Å². The van der Waals surface area contributed by atoms with Crippen LogP contribution in [0, 0.1) is 11.3 Å². The van der Waals surface area contributed by atoms with Gasteiger partial charge in [-0.15, -0.1) is 0 Å². The topological polar surface area (TPSA) is 126 Å². The number of aromatic amines is 1. The van der Waals surface area contributed by atoms with E-state index in [-0.39, 0.29) is 34.1 Å². The lowest BCUT2D eigenvalue weighted by Gasteiger charge is -2.34. The van der Waals surface area contributed by atoms with Gasteiger partial charge >= 0.3 is 6.18 Å². The summed E-state index contributed by atoms with van der Waals surface area (Å²) in [6.07, 6.45) is -2.83. The average molecular weight is 516 g/mol.